The summed E-state index contributed by atoms with van der Waals surface area (Å²) in [6, 6.07) is 0.507. The first-order valence-corrected chi connectivity index (χ1v) is 7.20. The summed E-state index contributed by atoms with van der Waals surface area (Å²) < 4.78 is 4.97. The largest absolute Gasteiger partial charge is 0.385 e. The van der Waals surface area contributed by atoms with Crippen LogP contribution in [-0.2, 0) is 4.74 Å². The Hall–Kier alpha value is -1.34. The number of carbonyl (C=O) groups is 1. The Morgan fingerprint density at radius 3 is 3.00 bits per heavy atom. The molecule has 1 aromatic heterocycles. The molecule has 0 radical (unpaired) electrons. The summed E-state index contributed by atoms with van der Waals surface area (Å²) >= 11 is 1.33. The summed E-state index contributed by atoms with van der Waals surface area (Å²) in [5.74, 6) is 0.242. The highest BCUT2D eigenvalue weighted by atomic mass is 32.1. The number of anilines is 2. The topological polar surface area (TPSA) is 80.5 Å². The summed E-state index contributed by atoms with van der Waals surface area (Å²) in [6.07, 6.45) is 3.14. The highest BCUT2D eigenvalue weighted by Gasteiger charge is 2.25. The SMILES string of the molecule is COCCCN(C)C(=O)c1sc(NC2CC2)nc1N. The molecule has 0 saturated heterocycles. The molecule has 7 heteroatoms. The van der Waals surface area contributed by atoms with E-state index in [0.717, 1.165) is 11.6 Å². The second kappa shape index (κ2) is 6.21. The molecule has 1 amide bonds. The van der Waals surface area contributed by atoms with E-state index in [-0.39, 0.29) is 5.91 Å². The Bertz CT molecular complexity index is 445. The zero-order valence-corrected chi connectivity index (χ0v) is 12.1. The molecule has 3 N–H and O–H groups in total. The predicted octanol–water partition coefficient (Wildman–Crippen LogP) is 1.41. The van der Waals surface area contributed by atoms with E-state index in [2.05, 4.69) is 10.3 Å². The van der Waals surface area contributed by atoms with Gasteiger partial charge in [0.25, 0.3) is 5.91 Å². The first kappa shape index (κ1) is 14.1. The molecule has 1 heterocycles. The normalized spacial score (nSPS) is 14.4. The molecule has 1 aliphatic carbocycles. The highest BCUT2D eigenvalue weighted by Crippen LogP contribution is 2.31. The zero-order chi connectivity index (χ0) is 13.8. The monoisotopic (exact) mass is 284 g/mol. The first-order chi connectivity index (χ1) is 9.11. The lowest BCUT2D eigenvalue weighted by Gasteiger charge is -2.15. The van der Waals surface area contributed by atoms with Gasteiger partial charge in [0.1, 0.15) is 10.7 Å². The molecule has 0 bridgehead atoms. The molecule has 1 fully saturated rings. The fourth-order valence-corrected chi connectivity index (χ4v) is 2.63. The minimum absolute atomic E-state index is 0.0741. The fraction of sp³-hybridized carbons (Fsp3) is 0.667. The van der Waals surface area contributed by atoms with Gasteiger partial charge in [0.05, 0.1) is 0 Å². The van der Waals surface area contributed by atoms with Crippen molar-refractivity contribution in [3.05, 3.63) is 4.88 Å². The van der Waals surface area contributed by atoms with Crippen molar-refractivity contribution in [2.75, 3.05) is 38.4 Å². The van der Waals surface area contributed by atoms with Crippen LogP contribution in [0.25, 0.3) is 0 Å². The fourth-order valence-electron chi connectivity index (χ4n) is 1.67. The predicted molar refractivity (Wildman–Crippen MR) is 76.6 cm³/mol. The van der Waals surface area contributed by atoms with Crippen molar-refractivity contribution in [3.63, 3.8) is 0 Å². The maximum atomic E-state index is 12.2. The van der Waals surface area contributed by atoms with E-state index in [1.54, 1.807) is 19.1 Å². The summed E-state index contributed by atoms with van der Waals surface area (Å²) in [5, 5.41) is 4.00. The van der Waals surface area contributed by atoms with Gasteiger partial charge >= 0.3 is 0 Å². The van der Waals surface area contributed by atoms with Crippen molar-refractivity contribution in [2.24, 2.45) is 0 Å². The zero-order valence-electron chi connectivity index (χ0n) is 11.3. The molecule has 6 nitrogen and oxygen atoms in total. The molecule has 0 unspecified atom stereocenters. The molecule has 1 aliphatic rings. The van der Waals surface area contributed by atoms with Crippen LogP contribution in [0.2, 0.25) is 0 Å². The van der Waals surface area contributed by atoms with Gasteiger partial charge in [-0.15, -0.1) is 0 Å². The van der Waals surface area contributed by atoms with Gasteiger partial charge < -0.3 is 20.7 Å². The van der Waals surface area contributed by atoms with Gasteiger partial charge in [-0.25, -0.2) is 4.98 Å². The second-order valence-corrected chi connectivity index (χ2v) is 5.72. The van der Waals surface area contributed by atoms with Crippen LogP contribution in [0.1, 0.15) is 28.9 Å². The number of nitrogens with zero attached hydrogens (tertiary/aromatic N) is 2. The van der Waals surface area contributed by atoms with Crippen molar-refractivity contribution in [1.82, 2.24) is 9.88 Å². The quantitative estimate of drug-likeness (QED) is 0.740. The number of rotatable bonds is 7. The highest BCUT2D eigenvalue weighted by molar-refractivity contribution is 7.18. The number of aromatic nitrogens is 1. The lowest BCUT2D eigenvalue weighted by Crippen LogP contribution is -2.28. The molecular formula is C12H20N4O2S. The number of methoxy groups -OCH3 is 1. The molecule has 0 aromatic carbocycles. The lowest BCUT2D eigenvalue weighted by atomic mass is 10.3. The first-order valence-electron chi connectivity index (χ1n) is 6.39. The van der Waals surface area contributed by atoms with E-state index in [4.69, 9.17) is 10.5 Å². The second-order valence-electron chi connectivity index (χ2n) is 4.73. The van der Waals surface area contributed by atoms with Gasteiger partial charge in [-0.2, -0.15) is 0 Å². The van der Waals surface area contributed by atoms with Gasteiger partial charge in [-0.1, -0.05) is 11.3 Å². The maximum absolute atomic E-state index is 12.2. The number of carbonyl (C=O) groups excluding carboxylic acids is 1. The van der Waals surface area contributed by atoms with Gasteiger partial charge in [-0.3, -0.25) is 4.79 Å². The van der Waals surface area contributed by atoms with Crippen LogP contribution in [0, 0.1) is 0 Å². The molecular weight excluding hydrogens is 264 g/mol. The van der Waals surface area contributed by atoms with E-state index < -0.39 is 0 Å². The number of hydrogen-bond acceptors (Lipinski definition) is 6. The summed E-state index contributed by atoms with van der Waals surface area (Å²) in [4.78, 5) is 18.6. The average Bonchev–Trinajstić information content (AvgIpc) is 3.11. The smallest absolute Gasteiger partial charge is 0.267 e. The Morgan fingerprint density at radius 1 is 1.63 bits per heavy atom. The van der Waals surface area contributed by atoms with Crippen LogP contribution in [0.4, 0.5) is 10.9 Å². The summed E-state index contributed by atoms with van der Waals surface area (Å²) in [5.41, 5.74) is 5.82. The number of amides is 1. The van der Waals surface area contributed by atoms with Gasteiger partial charge in [0.2, 0.25) is 0 Å². The van der Waals surface area contributed by atoms with Crippen LogP contribution in [0.5, 0.6) is 0 Å². The Kier molecular flexibility index (Phi) is 4.60. The van der Waals surface area contributed by atoms with Crippen LogP contribution < -0.4 is 11.1 Å². The van der Waals surface area contributed by atoms with Crippen molar-refractivity contribution in [3.8, 4) is 0 Å². The Balaban J connectivity index is 1.94. The van der Waals surface area contributed by atoms with Crippen molar-refractivity contribution >= 4 is 28.2 Å². The summed E-state index contributed by atoms with van der Waals surface area (Å²) in [7, 11) is 3.42. The number of thiazole rings is 1. The molecule has 0 atom stereocenters. The van der Waals surface area contributed by atoms with Gasteiger partial charge in [0.15, 0.2) is 5.13 Å². The van der Waals surface area contributed by atoms with E-state index in [9.17, 15) is 4.79 Å². The van der Waals surface area contributed by atoms with E-state index >= 15 is 0 Å². The van der Waals surface area contributed by atoms with Crippen LogP contribution in [0.15, 0.2) is 0 Å². The molecule has 106 valence electrons. The van der Waals surface area contributed by atoms with Crippen LogP contribution in [0.3, 0.4) is 0 Å². The standard InChI is InChI=1S/C12H20N4O2S/c1-16(6-3-7-18-2)11(17)9-10(13)15-12(19-9)14-8-4-5-8/h8H,3-7,13H2,1-2H3,(H,14,15). The molecule has 2 rings (SSSR count). The minimum atomic E-state index is -0.0741. The number of nitrogen functional groups attached to an aromatic ring is 1. The Morgan fingerprint density at radius 2 is 2.37 bits per heavy atom. The van der Waals surface area contributed by atoms with E-state index in [1.807, 2.05) is 0 Å². The molecule has 19 heavy (non-hydrogen) atoms. The van der Waals surface area contributed by atoms with Crippen LogP contribution >= 0.6 is 11.3 Å². The van der Waals surface area contributed by atoms with Crippen molar-refractivity contribution < 1.29 is 9.53 Å². The van der Waals surface area contributed by atoms with Crippen molar-refractivity contribution in [1.29, 1.82) is 0 Å². The number of nitrogens with two attached hydrogens (primary N) is 1. The number of ether oxygens (including phenoxy) is 1. The third-order valence-corrected chi connectivity index (χ3v) is 3.93. The molecule has 1 saturated carbocycles. The molecule has 0 spiro atoms. The van der Waals surface area contributed by atoms with Crippen LogP contribution in [-0.4, -0.2) is 49.1 Å². The van der Waals surface area contributed by atoms with Gasteiger partial charge in [-0.05, 0) is 19.3 Å². The third-order valence-electron chi connectivity index (χ3n) is 2.94. The van der Waals surface area contributed by atoms with E-state index in [1.165, 1.54) is 24.2 Å². The van der Waals surface area contributed by atoms with Crippen molar-refractivity contribution in [2.45, 2.75) is 25.3 Å². The van der Waals surface area contributed by atoms with E-state index in [0.29, 0.717) is 29.9 Å². The third kappa shape index (κ3) is 3.81. The average molecular weight is 284 g/mol. The van der Waals surface area contributed by atoms with Gasteiger partial charge in [0, 0.05) is 33.4 Å². The molecule has 0 aliphatic heterocycles. The minimum Gasteiger partial charge on any atom is -0.385 e. The summed E-state index contributed by atoms with van der Waals surface area (Å²) in [6.45, 7) is 1.29. The number of nitrogens with one attached hydrogen (secondary N) is 1. The Labute approximate surface area is 116 Å². The number of hydrogen-bond donors (Lipinski definition) is 2. The maximum Gasteiger partial charge on any atom is 0.267 e. The lowest BCUT2D eigenvalue weighted by molar-refractivity contribution is 0.0785. The molecule has 1 aromatic rings.